The second-order valence-electron chi connectivity index (χ2n) is 8.58. The molecule has 1 aliphatic rings. The standard InChI is InChI=1S/C24H34N4O3S/c1-6-23(28(32(5,30)31)22-10-7-18(2)19(3)17-22)24(29)25-20-8-11-21(12-9-20)27-15-13-26(4)14-16-27/h7-12,17,23H,6,13-16H2,1-5H3,(H,25,29). The summed E-state index contributed by atoms with van der Waals surface area (Å²) in [7, 11) is -1.54. The van der Waals surface area contributed by atoms with E-state index in [1.54, 1.807) is 6.07 Å². The summed E-state index contributed by atoms with van der Waals surface area (Å²) >= 11 is 0. The molecular formula is C24H34N4O3S. The number of sulfonamides is 1. The van der Waals surface area contributed by atoms with Crippen molar-refractivity contribution in [2.24, 2.45) is 0 Å². The molecule has 3 rings (SSSR count). The number of hydrogen-bond acceptors (Lipinski definition) is 5. The average Bonchev–Trinajstić information content (AvgIpc) is 2.74. The molecule has 1 N–H and O–H groups in total. The summed E-state index contributed by atoms with van der Waals surface area (Å²) in [6.07, 6.45) is 1.49. The lowest BCUT2D eigenvalue weighted by molar-refractivity contribution is -0.117. The molecule has 0 radical (unpaired) electrons. The number of nitrogens with zero attached hydrogens (tertiary/aromatic N) is 3. The van der Waals surface area contributed by atoms with E-state index in [2.05, 4.69) is 22.2 Å². The van der Waals surface area contributed by atoms with Gasteiger partial charge in [-0.15, -0.1) is 0 Å². The number of nitrogens with one attached hydrogen (secondary N) is 1. The van der Waals surface area contributed by atoms with Crippen LogP contribution in [0.15, 0.2) is 42.5 Å². The molecule has 0 spiro atoms. The highest BCUT2D eigenvalue weighted by Gasteiger charge is 2.31. The molecule has 0 aromatic heterocycles. The molecular weight excluding hydrogens is 424 g/mol. The Bertz CT molecular complexity index is 1050. The van der Waals surface area contributed by atoms with Gasteiger partial charge in [0.05, 0.1) is 11.9 Å². The maximum Gasteiger partial charge on any atom is 0.248 e. The van der Waals surface area contributed by atoms with E-state index in [0.29, 0.717) is 17.8 Å². The fourth-order valence-electron chi connectivity index (χ4n) is 3.97. The third kappa shape index (κ3) is 5.61. The van der Waals surface area contributed by atoms with Gasteiger partial charge in [-0.3, -0.25) is 9.10 Å². The Kier molecular flexibility index (Phi) is 7.46. The first-order chi connectivity index (χ1) is 15.1. The first-order valence-corrected chi connectivity index (χ1v) is 12.9. The van der Waals surface area contributed by atoms with E-state index < -0.39 is 16.1 Å². The summed E-state index contributed by atoms with van der Waals surface area (Å²) in [5.74, 6) is -0.344. The number of hydrogen-bond donors (Lipinski definition) is 1. The highest BCUT2D eigenvalue weighted by atomic mass is 32.2. The van der Waals surface area contributed by atoms with Crippen LogP contribution in [0, 0.1) is 13.8 Å². The van der Waals surface area contributed by atoms with Crippen LogP contribution in [-0.4, -0.2) is 64.7 Å². The maximum absolute atomic E-state index is 13.1. The smallest absolute Gasteiger partial charge is 0.248 e. The van der Waals surface area contributed by atoms with Gasteiger partial charge in [0.2, 0.25) is 15.9 Å². The molecule has 0 bridgehead atoms. The molecule has 1 unspecified atom stereocenters. The van der Waals surface area contributed by atoms with E-state index in [1.807, 2.05) is 57.2 Å². The summed E-state index contributed by atoms with van der Waals surface area (Å²) in [5.41, 5.74) is 4.32. The summed E-state index contributed by atoms with van der Waals surface area (Å²) in [6.45, 7) is 9.72. The summed E-state index contributed by atoms with van der Waals surface area (Å²) < 4.78 is 26.6. The lowest BCUT2D eigenvalue weighted by Gasteiger charge is -2.34. The Balaban J connectivity index is 1.78. The SMILES string of the molecule is CCC(C(=O)Nc1ccc(N2CCN(C)CC2)cc1)N(c1ccc(C)c(C)c1)S(C)(=O)=O. The zero-order valence-electron chi connectivity index (χ0n) is 19.6. The minimum Gasteiger partial charge on any atom is -0.369 e. The first-order valence-electron chi connectivity index (χ1n) is 11.0. The molecule has 2 aromatic carbocycles. The van der Waals surface area contributed by atoms with Crippen LogP contribution in [0.25, 0.3) is 0 Å². The highest BCUT2D eigenvalue weighted by molar-refractivity contribution is 7.92. The van der Waals surface area contributed by atoms with Crippen molar-refractivity contribution in [2.45, 2.75) is 33.2 Å². The third-order valence-corrected chi connectivity index (χ3v) is 7.26. The van der Waals surface area contributed by atoms with Gasteiger partial charge < -0.3 is 15.1 Å². The maximum atomic E-state index is 13.1. The van der Waals surface area contributed by atoms with Crippen LogP contribution >= 0.6 is 0 Å². The number of amides is 1. The van der Waals surface area contributed by atoms with Crippen molar-refractivity contribution in [3.8, 4) is 0 Å². The molecule has 1 fully saturated rings. The number of piperazine rings is 1. The zero-order chi connectivity index (χ0) is 23.5. The number of likely N-dealkylation sites (N-methyl/N-ethyl adjacent to an activating group) is 1. The minimum atomic E-state index is -3.66. The fraction of sp³-hybridized carbons (Fsp3) is 0.458. The Morgan fingerprint density at radius 3 is 2.19 bits per heavy atom. The predicted molar refractivity (Wildman–Crippen MR) is 132 cm³/mol. The van der Waals surface area contributed by atoms with Crippen LogP contribution in [0.1, 0.15) is 24.5 Å². The molecule has 32 heavy (non-hydrogen) atoms. The van der Waals surface area contributed by atoms with Gasteiger partial charge in [-0.1, -0.05) is 13.0 Å². The summed E-state index contributed by atoms with van der Waals surface area (Å²) in [5, 5.41) is 2.91. The van der Waals surface area contributed by atoms with Gasteiger partial charge in [-0.05, 0) is 74.8 Å². The minimum absolute atomic E-state index is 0.344. The second kappa shape index (κ2) is 9.92. The monoisotopic (exact) mass is 458 g/mol. The Hall–Kier alpha value is -2.58. The van der Waals surface area contributed by atoms with Crippen molar-refractivity contribution < 1.29 is 13.2 Å². The Morgan fingerprint density at radius 2 is 1.66 bits per heavy atom. The number of rotatable bonds is 7. The van der Waals surface area contributed by atoms with Crippen molar-refractivity contribution in [1.29, 1.82) is 0 Å². The van der Waals surface area contributed by atoms with Crippen LogP contribution in [0.2, 0.25) is 0 Å². The van der Waals surface area contributed by atoms with E-state index in [4.69, 9.17) is 0 Å². The van der Waals surface area contributed by atoms with Crippen LogP contribution in [0.5, 0.6) is 0 Å². The van der Waals surface area contributed by atoms with E-state index in [-0.39, 0.29) is 5.91 Å². The number of carbonyl (C=O) groups excluding carboxylic acids is 1. The van der Waals surface area contributed by atoms with Crippen molar-refractivity contribution in [3.63, 3.8) is 0 Å². The molecule has 1 heterocycles. The lowest BCUT2D eigenvalue weighted by atomic mass is 10.1. The average molecular weight is 459 g/mol. The number of aryl methyl sites for hydroxylation is 2. The zero-order valence-corrected chi connectivity index (χ0v) is 20.4. The Morgan fingerprint density at radius 1 is 1.03 bits per heavy atom. The van der Waals surface area contributed by atoms with Crippen LogP contribution < -0.4 is 14.5 Å². The van der Waals surface area contributed by atoms with Crippen molar-refractivity contribution >= 4 is 33.0 Å². The fourth-order valence-corrected chi connectivity index (χ4v) is 5.17. The molecule has 8 heteroatoms. The van der Waals surface area contributed by atoms with Crippen LogP contribution in [-0.2, 0) is 14.8 Å². The van der Waals surface area contributed by atoms with Crippen molar-refractivity contribution in [3.05, 3.63) is 53.6 Å². The summed E-state index contributed by atoms with van der Waals surface area (Å²) in [6, 6.07) is 12.4. The topological polar surface area (TPSA) is 73.0 Å². The Labute approximate surface area is 192 Å². The van der Waals surface area contributed by atoms with Gasteiger partial charge in [0, 0.05) is 37.6 Å². The molecule has 0 aliphatic carbocycles. The molecule has 1 aliphatic heterocycles. The van der Waals surface area contributed by atoms with E-state index in [9.17, 15) is 13.2 Å². The molecule has 7 nitrogen and oxygen atoms in total. The van der Waals surface area contributed by atoms with Crippen LogP contribution in [0.3, 0.4) is 0 Å². The summed E-state index contributed by atoms with van der Waals surface area (Å²) in [4.78, 5) is 17.8. The molecule has 2 aromatic rings. The molecule has 1 saturated heterocycles. The molecule has 1 amide bonds. The van der Waals surface area contributed by atoms with E-state index in [1.165, 1.54) is 4.31 Å². The van der Waals surface area contributed by atoms with Gasteiger partial charge in [-0.2, -0.15) is 0 Å². The third-order valence-electron chi connectivity index (χ3n) is 6.08. The van der Waals surface area contributed by atoms with Gasteiger partial charge in [0.15, 0.2) is 0 Å². The van der Waals surface area contributed by atoms with E-state index in [0.717, 1.165) is 49.2 Å². The number of benzene rings is 2. The lowest BCUT2D eigenvalue weighted by Crippen LogP contribution is -2.47. The second-order valence-corrected chi connectivity index (χ2v) is 10.4. The van der Waals surface area contributed by atoms with Gasteiger partial charge in [0.1, 0.15) is 6.04 Å². The van der Waals surface area contributed by atoms with Gasteiger partial charge in [-0.25, -0.2) is 8.42 Å². The molecule has 174 valence electrons. The number of carbonyl (C=O) groups is 1. The highest BCUT2D eigenvalue weighted by Crippen LogP contribution is 2.26. The quantitative estimate of drug-likeness (QED) is 0.690. The molecule has 1 atom stereocenters. The normalized spacial score (nSPS) is 16.0. The van der Waals surface area contributed by atoms with Gasteiger partial charge >= 0.3 is 0 Å². The van der Waals surface area contributed by atoms with Crippen molar-refractivity contribution in [2.75, 3.05) is 54.0 Å². The van der Waals surface area contributed by atoms with E-state index >= 15 is 0 Å². The van der Waals surface area contributed by atoms with Gasteiger partial charge in [0.25, 0.3) is 0 Å². The molecule has 0 saturated carbocycles. The largest absolute Gasteiger partial charge is 0.369 e. The predicted octanol–water partition coefficient (Wildman–Crippen LogP) is 3.24. The number of anilines is 3. The first kappa shape index (κ1) is 24.1. The van der Waals surface area contributed by atoms with Crippen molar-refractivity contribution in [1.82, 2.24) is 4.90 Å². The van der Waals surface area contributed by atoms with Crippen LogP contribution in [0.4, 0.5) is 17.1 Å².